The molecular formula is C5H8INO2S. The van der Waals surface area contributed by atoms with Crippen LogP contribution in [0.4, 0.5) is 0 Å². The highest BCUT2D eigenvalue weighted by Gasteiger charge is 2.47. The molecule has 58 valence electrons. The highest BCUT2D eigenvalue weighted by atomic mass is 127. The Kier molecular flexibility index (Phi) is 2.11. The van der Waals surface area contributed by atoms with Crippen molar-refractivity contribution in [1.29, 1.82) is 0 Å². The number of nitrogens with zero attached hydrogens (tertiary/aromatic N) is 1. The third-order valence-corrected chi connectivity index (χ3v) is 4.19. The molecule has 0 aromatic rings. The Morgan fingerprint density at radius 1 is 1.70 bits per heavy atom. The van der Waals surface area contributed by atoms with E-state index in [2.05, 4.69) is 25.5 Å². The molecule has 0 spiro atoms. The van der Waals surface area contributed by atoms with E-state index >= 15 is 0 Å². The third kappa shape index (κ3) is 0.989. The molecule has 0 aromatic heterocycles. The number of aliphatic hydroxyl groups excluding tert-OH is 1. The van der Waals surface area contributed by atoms with Crippen molar-refractivity contribution in [1.82, 2.24) is 4.31 Å². The van der Waals surface area contributed by atoms with E-state index in [4.69, 9.17) is 4.74 Å². The molecule has 3 nitrogen and oxygen atoms in total. The molecule has 0 aromatic carbocycles. The quantitative estimate of drug-likeness (QED) is 0.554. The molecule has 3 atom stereocenters. The number of aliphatic hydroxyl groups is 1. The van der Waals surface area contributed by atoms with Crippen LogP contribution in [0.3, 0.4) is 0 Å². The van der Waals surface area contributed by atoms with Gasteiger partial charge in [-0.3, -0.25) is 0 Å². The topological polar surface area (TPSA) is 32.7 Å². The first-order chi connectivity index (χ1) is 4.83. The van der Waals surface area contributed by atoms with Gasteiger partial charge >= 0.3 is 0 Å². The van der Waals surface area contributed by atoms with Crippen molar-refractivity contribution in [2.75, 3.05) is 13.2 Å². The van der Waals surface area contributed by atoms with Crippen LogP contribution in [-0.4, -0.2) is 40.8 Å². The number of hydrogen-bond acceptors (Lipinski definition) is 4. The van der Waals surface area contributed by atoms with Crippen LogP contribution in [0, 0.1) is 0 Å². The second-order valence-corrected chi connectivity index (χ2v) is 4.39. The van der Waals surface area contributed by atoms with Crippen molar-refractivity contribution in [2.45, 2.75) is 18.2 Å². The first kappa shape index (κ1) is 7.60. The second kappa shape index (κ2) is 2.78. The van der Waals surface area contributed by atoms with Gasteiger partial charge in [0.15, 0.2) is 0 Å². The molecule has 1 N–H and O–H groups in total. The van der Waals surface area contributed by atoms with Crippen molar-refractivity contribution in [3.63, 3.8) is 0 Å². The van der Waals surface area contributed by atoms with E-state index in [1.54, 1.807) is 9.12 Å². The Morgan fingerprint density at radius 3 is 2.80 bits per heavy atom. The summed E-state index contributed by atoms with van der Waals surface area (Å²) in [7, 11) is 1.66. The number of fused-ring (bicyclic) bond motifs is 2. The highest BCUT2D eigenvalue weighted by Crippen LogP contribution is 2.35. The summed E-state index contributed by atoms with van der Waals surface area (Å²) in [6.45, 7) is 1.57. The standard InChI is InChI=1S/C5H8INO2S/c6-10-7-1-4-5(8)3(7)2-9-4/h3-5,8H,1-2H2. The molecule has 2 bridgehead atoms. The molecule has 2 aliphatic heterocycles. The summed E-state index contributed by atoms with van der Waals surface area (Å²) < 4.78 is 7.47. The van der Waals surface area contributed by atoms with Gasteiger partial charge in [0, 0.05) is 27.8 Å². The van der Waals surface area contributed by atoms with Crippen molar-refractivity contribution in [3.05, 3.63) is 0 Å². The second-order valence-electron chi connectivity index (χ2n) is 2.60. The van der Waals surface area contributed by atoms with E-state index in [9.17, 15) is 5.11 Å². The van der Waals surface area contributed by atoms with Crippen LogP contribution in [-0.2, 0) is 4.74 Å². The van der Waals surface area contributed by atoms with Gasteiger partial charge in [-0.05, 0) is 9.12 Å². The van der Waals surface area contributed by atoms with Crippen LogP contribution in [0.25, 0.3) is 0 Å². The molecule has 2 aliphatic rings. The molecule has 3 unspecified atom stereocenters. The maximum atomic E-state index is 9.45. The van der Waals surface area contributed by atoms with Gasteiger partial charge in [0.2, 0.25) is 0 Å². The molecule has 0 aliphatic carbocycles. The van der Waals surface area contributed by atoms with E-state index in [1.165, 1.54) is 0 Å². The fourth-order valence-electron chi connectivity index (χ4n) is 1.47. The lowest BCUT2D eigenvalue weighted by molar-refractivity contribution is 0.0424. The number of morpholine rings is 1. The number of halogens is 1. The number of rotatable bonds is 1. The summed E-state index contributed by atoms with van der Waals surface area (Å²) in [6, 6.07) is 0.242. The summed E-state index contributed by atoms with van der Waals surface area (Å²) in [5.41, 5.74) is 0. The molecule has 2 saturated heterocycles. The van der Waals surface area contributed by atoms with Gasteiger partial charge in [-0.15, -0.1) is 0 Å². The number of hydrogen-bond donors (Lipinski definition) is 1. The minimum absolute atomic E-state index is 0.0762. The lowest BCUT2D eigenvalue weighted by atomic mass is 10.2. The molecule has 0 saturated carbocycles. The van der Waals surface area contributed by atoms with Gasteiger partial charge in [0.1, 0.15) is 6.10 Å². The first-order valence-corrected chi connectivity index (χ1v) is 6.49. The van der Waals surface area contributed by atoms with Gasteiger partial charge in [0.25, 0.3) is 0 Å². The fourth-order valence-corrected chi connectivity index (χ4v) is 3.32. The van der Waals surface area contributed by atoms with E-state index in [0.717, 1.165) is 6.54 Å². The van der Waals surface area contributed by atoms with Crippen LogP contribution in [0.2, 0.25) is 0 Å². The largest absolute Gasteiger partial charge is 0.389 e. The van der Waals surface area contributed by atoms with E-state index in [1.807, 2.05) is 0 Å². The Balaban J connectivity index is 2.08. The molecule has 2 heterocycles. The van der Waals surface area contributed by atoms with Crippen molar-refractivity contribution in [2.24, 2.45) is 0 Å². The van der Waals surface area contributed by atoms with Crippen LogP contribution in [0.5, 0.6) is 0 Å². The van der Waals surface area contributed by atoms with Crippen molar-refractivity contribution >= 4 is 30.3 Å². The average Bonchev–Trinajstić information content (AvgIpc) is 2.46. The van der Waals surface area contributed by atoms with Crippen molar-refractivity contribution < 1.29 is 9.84 Å². The van der Waals surface area contributed by atoms with Crippen LogP contribution < -0.4 is 0 Å². The lowest BCUT2D eigenvalue weighted by Crippen LogP contribution is -2.31. The highest BCUT2D eigenvalue weighted by molar-refractivity contribution is 14.2. The molecule has 2 fully saturated rings. The molecule has 5 heteroatoms. The first-order valence-electron chi connectivity index (χ1n) is 3.18. The third-order valence-electron chi connectivity index (χ3n) is 2.07. The normalized spacial score (nSPS) is 46.8. The lowest BCUT2D eigenvalue weighted by Gasteiger charge is -2.21. The van der Waals surface area contributed by atoms with Crippen LogP contribution in [0.1, 0.15) is 0 Å². The monoisotopic (exact) mass is 273 g/mol. The smallest absolute Gasteiger partial charge is 0.100 e. The van der Waals surface area contributed by atoms with Gasteiger partial charge in [-0.1, -0.05) is 0 Å². The molecular weight excluding hydrogens is 265 g/mol. The SMILES string of the molecule is OC1C2CN(SI)C1CO2. The van der Waals surface area contributed by atoms with E-state index in [0.29, 0.717) is 6.61 Å². The Hall–Kier alpha value is 0.960. The van der Waals surface area contributed by atoms with Gasteiger partial charge < -0.3 is 9.84 Å². The molecule has 0 radical (unpaired) electrons. The maximum Gasteiger partial charge on any atom is 0.100 e. The maximum absolute atomic E-state index is 9.45. The zero-order chi connectivity index (χ0) is 7.14. The van der Waals surface area contributed by atoms with Gasteiger partial charge in [0.05, 0.1) is 18.8 Å². The minimum Gasteiger partial charge on any atom is -0.389 e. The Bertz CT molecular complexity index is 148. The molecule has 2 rings (SSSR count). The minimum atomic E-state index is -0.248. The molecule has 0 amide bonds. The summed E-state index contributed by atoms with van der Waals surface area (Å²) in [5, 5.41) is 9.45. The van der Waals surface area contributed by atoms with Crippen molar-refractivity contribution in [3.8, 4) is 0 Å². The fraction of sp³-hybridized carbons (Fsp3) is 1.00. The summed E-state index contributed by atoms with van der Waals surface area (Å²) in [4.78, 5) is 0. The summed E-state index contributed by atoms with van der Waals surface area (Å²) in [6.07, 6.45) is -0.172. The zero-order valence-corrected chi connectivity index (χ0v) is 8.21. The zero-order valence-electron chi connectivity index (χ0n) is 5.24. The molecule has 10 heavy (non-hydrogen) atoms. The van der Waals surface area contributed by atoms with Crippen LogP contribution >= 0.6 is 30.3 Å². The van der Waals surface area contributed by atoms with Gasteiger partial charge in [-0.25, -0.2) is 4.31 Å². The number of ether oxygens (including phenoxy) is 1. The predicted octanol–water partition coefficient (Wildman–Crippen LogP) is 0.429. The Morgan fingerprint density at radius 2 is 2.50 bits per heavy atom. The van der Waals surface area contributed by atoms with Crippen LogP contribution in [0.15, 0.2) is 0 Å². The average molecular weight is 273 g/mol. The predicted molar refractivity (Wildman–Crippen MR) is 47.9 cm³/mol. The Labute approximate surface area is 75.8 Å². The van der Waals surface area contributed by atoms with E-state index < -0.39 is 0 Å². The summed E-state index contributed by atoms with van der Waals surface area (Å²) in [5.74, 6) is 0. The summed E-state index contributed by atoms with van der Waals surface area (Å²) >= 11 is 2.23. The van der Waals surface area contributed by atoms with Gasteiger partial charge in [-0.2, -0.15) is 0 Å². The van der Waals surface area contributed by atoms with E-state index in [-0.39, 0.29) is 18.2 Å².